The predicted molar refractivity (Wildman–Crippen MR) is 80.6 cm³/mol. The van der Waals surface area contributed by atoms with Gasteiger partial charge in [0.25, 0.3) is 5.95 Å². The van der Waals surface area contributed by atoms with Crippen LogP contribution in [0, 0.1) is 0 Å². The van der Waals surface area contributed by atoms with Crippen molar-refractivity contribution in [2.75, 3.05) is 5.73 Å². The molecule has 9 heteroatoms. The van der Waals surface area contributed by atoms with Crippen molar-refractivity contribution in [3.8, 4) is 17.6 Å². The van der Waals surface area contributed by atoms with Crippen LogP contribution in [0.2, 0.25) is 5.02 Å². The summed E-state index contributed by atoms with van der Waals surface area (Å²) < 4.78 is 7.56. The van der Waals surface area contributed by atoms with E-state index in [9.17, 15) is 0 Å². The summed E-state index contributed by atoms with van der Waals surface area (Å²) in [5.74, 6) is 1.22. The Labute approximate surface area is 132 Å². The first-order chi connectivity index (χ1) is 10.1. The SMILES string of the molecule is Nc1nc(-n2cccn2)nc(Oc2cncc(Cl)c2)c1Br. The second-order valence-electron chi connectivity index (χ2n) is 3.92. The molecule has 0 aliphatic heterocycles. The predicted octanol–water partition coefficient (Wildman–Crippen LogP) is 2.85. The summed E-state index contributed by atoms with van der Waals surface area (Å²) in [5.41, 5.74) is 5.85. The standard InChI is InChI=1S/C12H8BrClN6O/c13-9-10(15)18-12(20-3-1-2-17-20)19-11(9)21-8-4-7(14)5-16-6-8/h1-6H,(H2,15,18,19). The van der Waals surface area contributed by atoms with E-state index >= 15 is 0 Å². The van der Waals surface area contributed by atoms with Crippen molar-refractivity contribution in [1.82, 2.24) is 24.7 Å². The molecule has 3 heterocycles. The Morgan fingerprint density at radius 3 is 2.86 bits per heavy atom. The number of hydrogen-bond acceptors (Lipinski definition) is 6. The van der Waals surface area contributed by atoms with Crippen molar-refractivity contribution in [3.63, 3.8) is 0 Å². The van der Waals surface area contributed by atoms with Crippen LogP contribution in [0.15, 0.2) is 41.4 Å². The molecule has 0 unspecified atom stereocenters. The molecule has 3 rings (SSSR count). The third kappa shape index (κ3) is 2.96. The van der Waals surface area contributed by atoms with Crippen LogP contribution in [0.25, 0.3) is 5.95 Å². The van der Waals surface area contributed by atoms with Gasteiger partial charge in [0.2, 0.25) is 5.88 Å². The number of anilines is 1. The van der Waals surface area contributed by atoms with Gasteiger partial charge in [0, 0.05) is 24.7 Å². The van der Waals surface area contributed by atoms with Crippen molar-refractivity contribution in [2.24, 2.45) is 0 Å². The van der Waals surface area contributed by atoms with Crippen molar-refractivity contribution in [2.45, 2.75) is 0 Å². The lowest BCUT2D eigenvalue weighted by Crippen LogP contribution is -2.06. The van der Waals surface area contributed by atoms with Gasteiger partial charge >= 0.3 is 0 Å². The van der Waals surface area contributed by atoms with Gasteiger partial charge in [-0.25, -0.2) is 4.68 Å². The van der Waals surface area contributed by atoms with Gasteiger partial charge in [-0.1, -0.05) is 11.6 Å². The van der Waals surface area contributed by atoms with Crippen LogP contribution >= 0.6 is 27.5 Å². The summed E-state index contributed by atoms with van der Waals surface area (Å²) in [6.45, 7) is 0. The highest BCUT2D eigenvalue weighted by Gasteiger charge is 2.14. The first-order valence-corrected chi connectivity index (χ1v) is 6.92. The van der Waals surface area contributed by atoms with Gasteiger partial charge in [-0.15, -0.1) is 0 Å². The summed E-state index contributed by atoms with van der Waals surface area (Å²) in [7, 11) is 0. The summed E-state index contributed by atoms with van der Waals surface area (Å²) in [6.07, 6.45) is 6.34. The number of aromatic nitrogens is 5. The lowest BCUT2D eigenvalue weighted by molar-refractivity contribution is 0.454. The van der Waals surface area contributed by atoms with E-state index in [0.717, 1.165) is 0 Å². The largest absolute Gasteiger partial charge is 0.436 e. The van der Waals surface area contributed by atoms with Crippen LogP contribution in [-0.4, -0.2) is 24.7 Å². The van der Waals surface area contributed by atoms with E-state index in [1.54, 1.807) is 24.5 Å². The third-order valence-corrected chi connectivity index (χ3v) is 3.39. The summed E-state index contributed by atoms with van der Waals surface area (Å²) in [6, 6.07) is 3.37. The van der Waals surface area contributed by atoms with E-state index in [4.69, 9.17) is 22.1 Å². The van der Waals surface area contributed by atoms with Gasteiger partial charge in [0.1, 0.15) is 16.0 Å². The van der Waals surface area contributed by atoms with Crippen LogP contribution in [0.1, 0.15) is 0 Å². The molecule has 0 saturated carbocycles. The van der Waals surface area contributed by atoms with Crippen molar-refractivity contribution >= 4 is 33.3 Å². The van der Waals surface area contributed by atoms with Gasteiger partial charge < -0.3 is 10.5 Å². The molecule has 0 atom stereocenters. The highest BCUT2D eigenvalue weighted by molar-refractivity contribution is 9.10. The van der Waals surface area contributed by atoms with E-state index < -0.39 is 0 Å². The number of pyridine rings is 1. The molecule has 0 fully saturated rings. The number of rotatable bonds is 3. The molecule has 7 nitrogen and oxygen atoms in total. The normalized spacial score (nSPS) is 10.6. The average molecular weight is 368 g/mol. The van der Waals surface area contributed by atoms with E-state index in [2.05, 4.69) is 36.0 Å². The second kappa shape index (κ2) is 5.66. The molecular weight excluding hydrogens is 360 g/mol. The quantitative estimate of drug-likeness (QED) is 0.765. The maximum Gasteiger partial charge on any atom is 0.255 e. The molecule has 0 spiro atoms. The number of nitrogen functional groups attached to an aromatic ring is 1. The number of ether oxygens (including phenoxy) is 1. The van der Waals surface area contributed by atoms with Gasteiger partial charge in [0.05, 0.1) is 11.2 Å². The molecule has 106 valence electrons. The van der Waals surface area contributed by atoms with E-state index in [-0.39, 0.29) is 11.7 Å². The Morgan fingerprint density at radius 1 is 1.29 bits per heavy atom. The molecule has 21 heavy (non-hydrogen) atoms. The fraction of sp³-hybridized carbons (Fsp3) is 0. The monoisotopic (exact) mass is 366 g/mol. The fourth-order valence-electron chi connectivity index (χ4n) is 1.55. The zero-order valence-electron chi connectivity index (χ0n) is 10.4. The summed E-state index contributed by atoms with van der Waals surface area (Å²) in [4.78, 5) is 12.3. The molecule has 3 aromatic heterocycles. The first-order valence-electron chi connectivity index (χ1n) is 5.75. The first kappa shape index (κ1) is 13.8. The smallest absolute Gasteiger partial charge is 0.255 e. The summed E-state index contributed by atoms with van der Waals surface area (Å²) >= 11 is 9.16. The molecule has 0 amide bonds. The molecular formula is C12H8BrClN6O. The zero-order valence-corrected chi connectivity index (χ0v) is 12.8. The van der Waals surface area contributed by atoms with Crippen molar-refractivity contribution in [3.05, 3.63) is 46.4 Å². The van der Waals surface area contributed by atoms with E-state index in [1.165, 1.54) is 17.1 Å². The number of halogens is 2. The minimum Gasteiger partial charge on any atom is -0.436 e. The number of nitrogens with zero attached hydrogens (tertiary/aromatic N) is 5. The fourth-order valence-corrected chi connectivity index (χ4v) is 1.97. The molecule has 2 N–H and O–H groups in total. The highest BCUT2D eigenvalue weighted by Crippen LogP contribution is 2.32. The molecule has 0 bridgehead atoms. The average Bonchev–Trinajstić information content (AvgIpc) is 2.98. The number of hydrogen-bond donors (Lipinski definition) is 1. The lowest BCUT2D eigenvalue weighted by atomic mass is 10.4. The number of nitrogens with two attached hydrogens (primary N) is 1. The van der Waals surface area contributed by atoms with Gasteiger partial charge in [-0.2, -0.15) is 15.1 Å². The van der Waals surface area contributed by atoms with Crippen molar-refractivity contribution < 1.29 is 4.74 Å². The van der Waals surface area contributed by atoms with Crippen molar-refractivity contribution in [1.29, 1.82) is 0 Å². The Balaban J connectivity index is 2.01. The zero-order chi connectivity index (χ0) is 14.8. The highest BCUT2D eigenvalue weighted by atomic mass is 79.9. The summed E-state index contributed by atoms with van der Waals surface area (Å²) in [5, 5.41) is 4.51. The van der Waals surface area contributed by atoms with Crippen LogP contribution in [-0.2, 0) is 0 Å². The van der Waals surface area contributed by atoms with E-state index in [0.29, 0.717) is 21.2 Å². The maximum atomic E-state index is 5.87. The molecule has 0 saturated heterocycles. The van der Waals surface area contributed by atoms with Crippen LogP contribution in [0.4, 0.5) is 5.82 Å². The topological polar surface area (TPSA) is 91.7 Å². The van der Waals surface area contributed by atoms with Gasteiger partial charge in [0.15, 0.2) is 0 Å². The Bertz CT molecular complexity index is 779. The van der Waals surface area contributed by atoms with E-state index in [1.807, 2.05) is 0 Å². The van der Waals surface area contributed by atoms with Gasteiger partial charge in [-0.05, 0) is 22.0 Å². The molecule has 3 aromatic rings. The van der Waals surface area contributed by atoms with Gasteiger partial charge in [-0.3, -0.25) is 4.98 Å². The minimum absolute atomic E-state index is 0.237. The molecule has 0 radical (unpaired) electrons. The molecule has 0 aromatic carbocycles. The Hall–Kier alpha value is -2.19. The Morgan fingerprint density at radius 2 is 2.14 bits per heavy atom. The maximum absolute atomic E-state index is 5.87. The lowest BCUT2D eigenvalue weighted by Gasteiger charge is -2.09. The third-order valence-electron chi connectivity index (χ3n) is 2.44. The molecule has 0 aliphatic rings. The van der Waals surface area contributed by atoms with Crippen LogP contribution < -0.4 is 10.5 Å². The molecule has 0 aliphatic carbocycles. The van der Waals surface area contributed by atoms with Crippen LogP contribution in [0.5, 0.6) is 11.6 Å². The Kier molecular flexibility index (Phi) is 3.72. The second-order valence-corrected chi connectivity index (χ2v) is 5.15. The van der Waals surface area contributed by atoms with Crippen LogP contribution in [0.3, 0.4) is 0 Å². The minimum atomic E-state index is 0.237.